The van der Waals surface area contributed by atoms with E-state index in [0.29, 0.717) is 24.1 Å². The molecular formula is C28H35NO3. The van der Waals surface area contributed by atoms with Gasteiger partial charge in [0.15, 0.2) is 0 Å². The van der Waals surface area contributed by atoms with Crippen LogP contribution in [0.3, 0.4) is 0 Å². The van der Waals surface area contributed by atoms with Gasteiger partial charge in [0.1, 0.15) is 5.71 Å². The smallest absolute Gasteiger partial charge is 0.318 e. The number of fused-ring (bicyclic) bond motifs is 3. The highest BCUT2D eigenvalue weighted by Gasteiger charge is 2.40. The molecule has 2 aromatic rings. The highest BCUT2D eigenvalue weighted by molar-refractivity contribution is 6.46. The number of carbonyl (C=O) groups excluding carboxylic acids is 2. The van der Waals surface area contributed by atoms with E-state index in [1.165, 1.54) is 22.3 Å². The lowest BCUT2D eigenvalue weighted by atomic mass is 9.73. The number of rotatable bonds is 11. The van der Waals surface area contributed by atoms with Crippen LogP contribution in [-0.4, -0.2) is 17.5 Å². The first-order valence-electron chi connectivity index (χ1n) is 12.1. The highest BCUT2D eigenvalue weighted by atomic mass is 16.7. The number of unbranched alkanes of at least 4 members (excludes halogenated alkanes) is 2. The molecule has 170 valence electrons. The van der Waals surface area contributed by atoms with Gasteiger partial charge in [-0.25, -0.2) is 4.79 Å². The Labute approximate surface area is 192 Å². The molecule has 2 aromatic carbocycles. The number of nitrogens with zero attached hydrogens (tertiary/aromatic N) is 1. The van der Waals surface area contributed by atoms with Gasteiger partial charge < -0.3 is 4.84 Å². The summed E-state index contributed by atoms with van der Waals surface area (Å²) in [4.78, 5) is 30.4. The van der Waals surface area contributed by atoms with Crippen LogP contribution >= 0.6 is 0 Å². The molecule has 0 fully saturated rings. The highest BCUT2D eigenvalue weighted by Crippen LogP contribution is 2.52. The Hall–Kier alpha value is -2.75. The van der Waals surface area contributed by atoms with Gasteiger partial charge in [-0.1, -0.05) is 88.5 Å². The van der Waals surface area contributed by atoms with E-state index >= 15 is 0 Å². The van der Waals surface area contributed by atoms with Crippen molar-refractivity contribution in [3.05, 3.63) is 59.2 Å². The fourth-order valence-corrected chi connectivity index (χ4v) is 4.88. The molecule has 4 heteroatoms. The van der Waals surface area contributed by atoms with Crippen molar-refractivity contribution in [2.24, 2.45) is 5.16 Å². The van der Waals surface area contributed by atoms with Crippen LogP contribution in [0.5, 0.6) is 0 Å². The van der Waals surface area contributed by atoms with Crippen LogP contribution < -0.4 is 0 Å². The Morgan fingerprint density at radius 2 is 1.56 bits per heavy atom. The quantitative estimate of drug-likeness (QED) is 0.123. The Kier molecular flexibility index (Phi) is 8.00. The molecule has 0 aromatic heterocycles. The molecule has 0 bridgehead atoms. The van der Waals surface area contributed by atoms with Gasteiger partial charge in [0.05, 0.1) is 0 Å². The van der Waals surface area contributed by atoms with Gasteiger partial charge in [-0.05, 0) is 54.0 Å². The molecule has 0 spiro atoms. The number of hydrogen-bond acceptors (Lipinski definition) is 4. The van der Waals surface area contributed by atoms with Crippen molar-refractivity contribution >= 4 is 17.5 Å². The summed E-state index contributed by atoms with van der Waals surface area (Å²) in [6.07, 6.45) is 6.30. The van der Waals surface area contributed by atoms with Crippen molar-refractivity contribution in [3.8, 4) is 11.1 Å². The van der Waals surface area contributed by atoms with Gasteiger partial charge in [0, 0.05) is 17.4 Å². The maximum atomic E-state index is 13.3. The van der Waals surface area contributed by atoms with Gasteiger partial charge in [-0.3, -0.25) is 4.79 Å². The van der Waals surface area contributed by atoms with Gasteiger partial charge in [-0.2, -0.15) is 0 Å². The molecule has 0 amide bonds. The third-order valence-electron chi connectivity index (χ3n) is 6.73. The summed E-state index contributed by atoms with van der Waals surface area (Å²) >= 11 is 0. The first kappa shape index (κ1) is 23.9. The van der Waals surface area contributed by atoms with Gasteiger partial charge in [-0.15, -0.1) is 0 Å². The summed E-state index contributed by atoms with van der Waals surface area (Å²) in [7, 11) is 0. The summed E-state index contributed by atoms with van der Waals surface area (Å²) in [6, 6.07) is 14.5. The van der Waals surface area contributed by atoms with Crippen LogP contribution in [-0.2, 0) is 15.0 Å². The maximum Gasteiger partial charge on any atom is 0.335 e. The molecule has 0 heterocycles. The minimum atomic E-state index is -0.375. The van der Waals surface area contributed by atoms with Gasteiger partial charge >= 0.3 is 5.97 Å². The minimum Gasteiger partial charge on any atom is -0.318 e. The lowest BCUT2D eigenvalue weighted by Crippen LogP contribution is -2.24. The van der Waals surface area contributed by atoms with E-state index in [1.807, 2.05) is 19.1 Å². The maximum absolute atomic E-state index is 13.3. The van der Waals surface area contributed by atoms with E-state index in [4.69, 9.17) is 4.84 Å². The first-order valence-corrected chi connectivity index (χ1v) is 12.1. The number of hydrogen-bond donors (Lipinski definition) is 0. The third-order valence-corrected chi connectivity index (χ3v) is 6.73. The van der Waals surface area contributed by atoms with E-state index in [1.54, 1.807) is 0 Å². The predicted octanol–water partition coefficient (Wildman–Crippen LogP) is 7.24. The number of oxime groups is 1. The average molecular weight is 434 g/mol. The Morgan fingerprint density at radius 3 is 2.25 bits per heavy atom. The van der Waals surface area contributed by atoms with E-state index < -0.39 is 0 Å². The van der Waals surface area contributed by atoms with Crippen LogP contribution in [0.15, 0.2) is 47.6 Å². The number of carbonyl (C=O) groups is 2. The molecule has 0 saturated heterocycles. The largest absolute Gasteiger partial charge is 0.335 e. The first-order chi connectivity index (χ1) is 15.5. The Morgan fingerprint density at radius 1 is 0.844 bits per heavy atom. The topological polar surface area (TPSA) is 55.7 Å². The van der Waals surface area contributed by atoms with Crippen LogP contribution in [0.4, 0.5) is 0 Å². The second-order valence-electron chi connectivity index (χ2n) is 8.63. The Balaban J connectivity index is 1.91. The molecule has 0 N–H and O–H groups in total. The molecule has 1 aliphatic rings. The number of ketones is 1. The normalized spacial score (nSPS) is 14.1. The standard InChI is InChI=1S/C28H35NO3/c1-5-9-10-16-26(30)32-29-25(13-6-2)27(31)20-17-18-22-21-14-11-12-15-23(21)28(7-3,8-4)24(22)19-20/h11-12,14-15,17-19H,5-10,13,16H2,1-4H3/b29-25-. The molecular weight excluding hydrogens is 398 g/mol. The fourth-order valence-electron chi connectivity index (χ4n) is 4.88. The average Bonchev–Trinajstić information content (AvgIpc) is 3.11. The summed E-state index contributed by atoms with van der Waals surface area (Å²) in [5.74, 6) is -0.534. The molecule has 3 rings (SSSR count). The zero-order valence-electron chi connectivity index (χ0n) is 19.9. The molecule has 0 atom stereocenters. The van der Waals surface area contributed by atoms with E-state index in [0.717, 1.165) is 38.5 Å². The minimum absolute atomic E-state index is 0.0873. The van der Waals surface area contributed by atoms with Crippen molar-refractivity contribution in [3.63, 3.8) is 0 Å². The van der Waals surface area contributed by atoms with Crippen LogP contribution in [0.2, 0.25) is 0 Å². The number of Topliss-reactive ketones (excluding diaryl/α,β-unsaturated/α-hetero) is 1. The van der Waals surface area contributed by atoms with Crippen LogP contribution in [0.1, 0.15) is 101 Å². The molecule has 0 aliphatic heterocycles. The van der Waals surface area contributed by atoms with Crippen molar-refractivity contribution in [2.75, 3.05) is 0 Å². The van der Waals surface area contributed by atoms with E-state index in [2.05, 4.69) is 56.3 Å². The summed E-state index contributed by atoms with van der Waals surface area (Å²) < 4.78 is 0. The SMILES string of the molecule is CCCCCC(=O)O/N=C(/CCC)C(=O)c1ccc2c(c1)C(CC)(CC)c1ccccc1-2. The molecule has 4 nitrogen and oxygen atoms in total. The lowest BCUT2D eigenvalue weighted by Gasteiger charge is -2.29. The van der Waals surface area contributed by atoms with Crippen molar-refractivity contribution in [1.82, 2.24) is 0 Å². The third kappa shape index (κ3) is 4.55. The van der Waals surface area contributed by atoms with Crippen molar-refractivity contribution in [1.29, 1.82) is 0 Å². The molecule has 32 heavy (non-hydrogen) atoms. The van der Waals surface area contributed by atoms with Crippen molar-refractivity contribution < 1.29 is 14.4 Å². The molecule has 0 radical (unpaired) electrons. The molecule has 1 aliphatic carbocycles. The zero-order chi connectivity index (χ0) is 23.1. The Bertz CT molecular complexity index is 1000. The monoisotopic (exact) mass is 433 g/mol. The van der Waals surface area contributed by atoms with E-state index in [9.17, 15) is 9.59 Å². The second-order valence-corrected chi connectivity index (χ2v) is 8.63. The fraction of sp³-hybridized carbons (Fsp3) is 0.464. The van der Waals surface area contributed by atoms with Gasteiger partial charge in [0.25, 0.3) is 0 Å². The van der Waals surface area contributed by atoms with Crippen LogP contribution in [0.25, 0.3) is 11.1 Å². The van der Waals surface area contributed by atoms with Crippen molar-refractivity contribution in [2.45, 2.75) is 84.5 Å². The molecule has 0 unspecified atom stereocenters. The van der Waals surface area contributed by atoms with E-state index in [-0.39, 0.29) is 17.2 Å². The molecule has 0 saturated carbocycles. The zero-order valence-corrected chi connectivity index (χ0v) is 19.9. The summed E-state index contributed by atoms with van der Waals surface area (Å²) in [5.41, 5.74) is 5.85. The lowest BCUT2D eigenvalue weighted by molar-refractivity contribution is -0.143. The second kappa shape index (κ2) is 10.7. The predicted molar refractivity (Wildman–Crippen MR) is 130 cm³/mol. The van der Waals surface area contributed by atoms with Crippen LogP contribution in [0, 0.1) is 0 Å². The van der Waals surface area contributed by atoms with Gasteiger partial charge in [0.2, 0.25) is 5.78 Å². The number of benzene rings is 2. The summed E-state index contributed by atoms with van der Waals surface area (Å²) in [5, 5.41) is 4.00. The summed E-state index contributed by atoms with van der Waals surface area (Å²) in [6.45, 7) is 8.50.